The lowest BCUT2D eigenvalue weighted by atomic mass is 9.99. The molecule has 19 heavy (non-hydrogen) atoms. The van der Waals surface area contributed by atoms with E-state index >= 15 is 0 Å². The lowest BCUT2D eigenvalue weighted by Crippen LogP contribution is -2.14. The molecule has 0 saturated carbocycles. The fourth-order valence-electron chi connectivity index (χ4n) is 1.97. The molecule has 0 heterocycles. The lowest BCUT2D eigenvalue weighted by molar-refractivity contribution is 0.414. The predicted molar refractivity (Wildman–Crippen MR) is 77.7 cm³/mol. The molecule has 2 aromatic rings. The number of nitrogens with two attached hydrogens (primary N) is 1. The Morgan fingerprint density at radius 2 is 2.00 bits per heavy atom. The molecule has 0 fully saturated rings. The molecule has 0 radical (unpaired) electrons. The second kappa shape index (κ2) is 6.17. The van der Waals surface area contributed by atoms with Gasteiger partial charge in [-0.3, -0.25) is 0 Å². The third-order valence-corrected chi connectivity index (χ3v) is 3.81. The van der Waals surface area contributed by atoms with Crippen molar-refractivity contribution in [3.63, 3.8) is 0 Å². The summed E-state index contributed by atoms with van der Waals surface area (Å²) >= 11 is 3.24. The summed E-state index contributed by atoms with van der Waals surface area (Å²) < 4.78 is 19.1. The Balaban J connectivity index is 2.20. The molecule has 0 aliphatic heterocycles. The zero-order valence-electron chi connectivity index (χ0n) is 10.6. The van der Waals surface area contributed by atoms with E-state index in [1.165, 1.54) is 6.07 Å². The van der Waals surface area contributed by atoms with Gasteiger partial charge < -0.3 is 10.5 Å². The van der Waals surface area contributed by atoms with Gasteiger partial charge in [-0.25, -0.2) is 4.39 Å². The van der Waals surface area contributed by atoms with Crippen LogP contribution < -0.4 is 10.5 Å². The van der Waals surface area contributed by atoms with Crippen LogP contribution in [0.5, 0.6) is 5.75 Å². The van der Waals surface area contributed by atoms with Gasteiger partial charge in [-0.15, -0.1) is 0 Å². The predicted octanol–water partition coefficient (Wildman–Crippen LogP) is 3.84. The minimum atomic E-state index is -0.293. The van der Waals surface area contributed by atoms with E-state index in [1.807, 2.05) is 30.3 Å². The Bertz CT molecular complexity index is 574. The first-order valence-corrected chi connectivity index (χ1v) is 6.73. The molecule has 0 spiro atoms. The van der Waals surface area contributed by atoms with Crippen molar-refractivity contribution in [3.05, 3.63) is 63.9 Å². The minimum Gasteiger partial charge on any atom is -0.497 e. The minimum absolute atomic E-state index is 0.266. The molecule has 100 valence electrons. The van der Waals surface area contributed by atoms with E-state index in [2.05, 4.69) is 15.9 Å². The van der Waals surface area contributed by atoms with Crippen LogP contribution in [-0.4, -0.2) is 7.11 Å². The van der Waals surface area contributed by atoms with E-state index in [1.54, 1.807) is 13.2 Å². The Kier molecular flexibility index (Phi) is 4.56. The molecule has 4 heteroatoms. The van der Waals surface area contributed by atoms with Gasteiger partial charge in [0.1, 0.15) is 11.6 Å². The van der Waals surface area contributed by atoms with Crippen molar-refractivity contribution >= 4 is 15.9 Å². The molecule has 0 amide bonds. The lowest BCUT2D eigenvalue weighted by Gasteiger charge is -2.15. The number of benzene rings is 2. The van der Waals surface area contributed by atoms with Crippen molar-refractivity contribution < 1.29 is 9.13 Å². The molecule has 2 rings (SSSR count). The number of ether oxygens (including phenoxy) is 1. The molecule has 0 aliphatic rings. The summed E-state index contributed by atoms with van der Waals surface area (Å²) in [4.78, 5) is 0. The average Bonchev–Trinajstić information content (AvgIpc) is 2.42. The van der Waals surface area contributed by atoms with Gasteiger partial charge in [0.05, 0.1) is 11.6 Å². The highest BCUT2D eigenvalue weighted by atomic mass is 79.9. The van der Waals surface area contributed by atoms with E-state index in [-0.39, 0.29) is 11.9 Å². The highest BCUT2D eigenvalue weighted by Gasteiger charge is 2.13. The number of hydrogen-bond acceptors (Lipinski definition) is 2. The number of halogens is 2. The second-order valence-electron chi connectivity index (χ2n) is 4.31. The van der Waals surface area contributed by atoms with Crippen LogP contribution >= 0.6 is 15.9 Å². The number of methoxy groups -OCH3 is 1. The largest absolute Gasteiger partial charge is 0.497 e. The Hall–Kier alpha value is -1.39. The van der Waals surface area contributed by atoms with E-state index in [4.69, 9.17) is 10.5 Å². The van der Waals surface area contributed by atoms with Gasteiger partial charge in [-0.2, -0.15) is 0 Å². The molecular formula is C15H15BrFNO. The first kappa shape index (κ1) is 14.0. The maximum absolute atomic E-state index is 13.5. The number of rotatable bonds is 4. The maximum atomic E-state index is 13.5. The zero-order chi connectivity index (χ0) is 13.8. The SMILES string of the molecule is COc1cccc(CC(N)c2cccc(F)c2Br)c1. The topological polar surface area (TPSA) is 35.2 Å². The first-order valence-electron chi connectivity index (χ1n) is 5.94. The van der Waals surface area contributed by atoms with Gasteiger partial charge in [0.15, 0.2) is 0 Å². The molecular weight excluding hydrogens is 309 g/mol. The summed E-state index contributed by atoms with van der Waals surface area (Å²) in [5.41, 5.74) is 7.98. The summed E-state index contributed by atoms with van der Waals surface area (Å²) in [6, 6.07) is 12.4. The highest BCUT2D eigenvalue weighted by molar-refractivity contribution is 9.10. The molecule has 1 unspecified atom stereocenters. The van der Waals surface area contributed by atoms with E-state index < -0.39 is 0 Å². The molecule has 2 aromatic carbocycles. The van der Waals surface area contributed by atoms with Crippen LogP contribution in [0.3, 0.4) is 0 Å². The van der Waals surface area contributed by atoms with Crippen LogP contribution in [0.15, 0.2) is 46.9 Å². The molecule has 0 bridgehead atoms. The highest BCUT2D eigenvalue weighted by Crippen LogP contribution is 2.27. The van der Waals surface area contributed by atoms with E-state index in [0.717, 1.165) is 16.9 Å². The van der Waals surface area contributed by atoms with Crippen molar-refractivity contribution in [2.45, 2.75) is 12.5 Å². The monoisotopic (exact) mass is 323 g/mol. The van der Waals surface area contributed by atoms with Crippen LogP contribution in [0.2, 0.25) is 0 Å². The van der Waals surface area contributed by atoms with Crippen molar-refractivity contribution in [2.75, 3.05) is 7.11 Å². The number of hydrogen-bond donors (Lipinski definition) is 1. The average molecular weight is 324 g/mol. The van der Waals surface area contributed by atoms with E-state index in [9.17, 15) is 4.39 Å². The van der Waals surface area contributed by atoms with Gasteiger partial charge >= 0.3 is 0 Å². The van der Waals surface area contributed by atoms with Crippen molar-refractivity contribution in [3.8, 4) is 5.75 Å². The second-order valence-corrected chi connectivity index (χ2v) is 5.10. The standard InChI is InChI=1S/C15H15BrFNO/c1-19-11-5-2-4-10(8-11)9-14(18)12-6-3-7-13(17)15(12)16/h2-8,14H,9,18H2,1H3. The fourth-order valence-corrected chi connectivity index (χ4v) is 2.53. The van der Waals surface area contributed by atoms with Crippen LogP contribution in [0, 0.1) is 5.82 Å². The van der Waals surface area contributed by atoms with Crippen LogP contribution in [-0.2, 0) is 6.42 Å². The molecule has 0 aromatic heterocycles. The van der Waals surface area contributed by atoms with Crippen molar-refractivity contribution in [2.24, 2.45) is 5.73 Å². The molecule has 2 N–H and O–H groups in total. The molecule has 1 atom stereocenters. The van der Waals surface area contributed by atoms with Gasteiger partial charge in [0, 0.05) is 6.04 Å². The smallest absolute Gasteiger partial charge is 0.137 e. The first-order chi connectivity index (χ1) is 9.11. The van der Waals surface area contributed by atoms with Crippen LogP contribution in [0.25, 0.3) is 0 Å². The van der Waals surface area contributed by atoms with Crippen LogP contribution in [0.1, 0.15) is 17.2 Å². The Morgan fingerprint density at radius 1 is 1.26 bits per heavy atom. The van der Waals surface area contributed by atoms with Gasteiger partial charge in [0.25, 0.3) is 0 Å². The summed E-state index contributed by atoms with van der Waals surface area (Å²) in [7, 11) is 1.63. The summed E-state index contributed by atoms with van der Waals surface area (Å²) in [6.45, 7) is 0. The maximum Gasteiger partial charge on any atom is 0.137 e. The van der Waals surface area contributed by atoms with Gasteiger partial charge in [-0.05, 0) is 51.7 Å². The Labute approximate surface area is 120 Å². The van der Waals surface area contributed by atoms with E-state index in [0.29, 0.717) is 10.9 Å². The third-order valence-electron chi connectivity index (χ3n) is 2.97. The molecule has 0 aliphatic carbocycles. The summed E-state index contributed by atoms with van der Waals surface area (Å²) in [5, 5.41) is 0. The molecule has 0 saturated heterocycles. The summed E-state index contributed by atoms with van der Waals surface area (Å²) in [5.74, 6) is 0.501. The van der Waals surface area contributed by atoms with Crippen molar-refractivity contribution in [1.29, 1.82) is 0 Å². The van der Waals surface area contributed by atoms with Crippen LogP contribution in [0.4, 0.5) is 4.39 Å². The van der Waals surface area contributed by atoms with Gasteiger partial charge in [0.2, 0.25) is 0 Å². The fraction of sp³-hybridized carbons (Fsp3) is 0.200. The molecule has 2 nitrogen and oxygen atoms in total. The van der Waals surface area contributed by atoms with Gasteiger partial charge in [-0.1, -0.05) is 24.3 Å². The summed E-state index contributed by atoms with van der Waals surface area (Å²) in [6.07, 6.45) is 0.624. The normalized spacial score (nSPS) is 12.2. The zero-order valence-corrected chi connectivity index (χ0v) is 12.2. The quantitative estimate of drug-likeness (QED) is 0.927. The van der Waals surface area contributed by atoms with Crippen molar-refractivity contribution in [1.82, 2.24) is 0 Å². The Morgan fingerprint density at radius 3 is 2.74 bits per heavy atom. The third kappa shape index (κ3) is 3.33.